The fourth-order valence-corrected chi connectivity index (χ4v) is 5.78. The molecule has 2 aliphatic heterocycles. The second kappa shape index (κ2) is 10.0. The number of ether oxygens (including phenoxy) is 1. The molecule has 11 heteroatoms. The molecule has 4 aromatic rings. The van der Waals surface area contributed by atoms with Gasteiger partial charge in [0.15, 0.2) is 5.75 Å². The van der Waals surface area contributed by atoms with Gasteiger partial charge in [-0.1, -0.05) is 24.2 Å². The normalized spacial score (nSPS) is 16.8. The lowest BCUT2D eigenvalue weighted by atomic mass is 9.95. The van der Waals surface area contributed by atoms with Crippen LogP contribution < -0.4 is 15.0 Å². The third-order valence-corrected chi connectivity index (χ3v) is 7.84. The molecule has 1 saturated heterocycles. The van der Waals surface area contributed by atoms with Gasteiger partial charge in [0.1, 0.15) is 12.4 Å². The first-order valence-corrected chi connectivity index (χ1v) is 13.4. The lowest BCUT2D eigenvalue weighted by molar-refractivity contribution is -0.126. The van der Waals surface area contributed by atoms with Crippen molar-refractivity contribution in [1.82, 2.24) is 30.0 Å². The van der Waals surface area contributed by atoms with Crippen molar-refractivity contribution in [1.29, 1.82) is 0 Å². The number of H-pyrrole nitrogens is 1. The second-order valence-electron chi connectivity index (χ2n) is 10.3. The number of nitrogens with one attached hydrogen (secondary N) is 2. The summed E-state index contributed by atoms with van der Waals surface area (Å²) in [6, 6.07) is 6.00. The Kier molecular flexibility index (Phi) is 6.52. The highest BCUT2D eigenvalue weighted by Gasteiger charge is 2.36. The van der Waals surface area contributed by atoms with Gasteiger partial charge in [-0.05, 0) is 50.4 Å². The number of hydrogen-bond acceptors (Lipinski definition) is 8. The first-order valence-electron chi connectivity index (χ1n) is 13.0. The molecular weight excluding hydrogens is 516 g/mol. The highest BCUT2D eigenvalue weighted by Crippen LogP contribution is 2.48. The summed E-state index contributed by atoms with van der Waals surface area (Å²) in [6.45, 7) is 9.29. The molecule has 39 heavy (non-hydrogen) atoms. The van der Waals surface area contributed by atoms with Gasteiger partial charge in [0, 0.05) is 43.7 Å². The minimum absolute atomic E-state index is 0.0840. The Morgan fingerprint density at radius 3 is 2.97 bits per heavy atom. The minimum atomic E-state index is -0.0960. The van der Waals surface area contributed by atoms with Crippen molar-refractivity contribution in [2.75, 3.05) is 63.6 Å². The molecule has 10 nitrogen and oxygen atoms in total. The predicted molar refractivity (Wildman–Crippen MR) is 155 cm³/mol. The zero-order valence-electron chi connectivity index (χ0n) is 22.3. The second-order valence-corrected chi connectivity index (χ2v) is 10.7. The van der Waals surface area contributed by atoms with Crippen molar-refractivity contribution in [3.63, 3.8) is 0 Å². The van der Waals surface area contributed by atoms with Gasteiger partial charge >= 0.3 is 0 Å². The van der Waals surface area contributed by atoms with Crippen LogP contribution in [0.1, 0.15) is 5.56 Å². The number of halogens is 1. The Bertz CT molecular complexity index is 1600. The standard InChI is InChI=1S/C28H31ClN8O2/c1-5-22(38)36-10-11-37-17(14-36)15-39-26-24-21(32-28(33-27(24)37)30-8-9-35(3)4)12-18(25(26)29)23-16(2)6-7-20-19(23)13-31-34-20/h5-7,12-13,17H,1,8-11,14-15H2,2-4H3,(H,31,34)(H,30,32,33)/t17-/m0/s1. The molecule has 0 spiro atoms. The van der Waals surface area contributed by atoms with E-state index >= 15 is 0 Å². The average molecular weight is 547 g/mol. The van der Waals surface area contributed by atoms with Gasteiger partial charge in [-0.2, -0.15) is 10.1 Å². The molecule has 2 aromatic heterocycles. The molecule has 2 N–H and O–H groups in total. The van der Waals surface area contributed by atoms with Gasteiger partial charge in [-0.25, -0.2) is 4.98 Å². The number of aryl methyl sites for hydroxylation is 1. The van der Waals surface area contributed by atoms with Gasteiger partial charge in [0.2, 0.25) is 11.9 Å². The van der Waals surface area contributed by atoms with Crippen LogP contribution in [0.5, 0.6) is 5.75 Å². The van der Waals surface area contributed by atoms with Gasteiger partial charge in [0.05, 0.1) is 33.7 Å². The van der Waals surface area contributed by atoms with Crippen molar-refractivity contribution in [3.8, 4) is 16.9 Å². The number of nitrogens with zero attached hydrogens (tertiary/aromatic N) is 6. The molecule has 0 unspecified atom stereocenters. The van der Waals surface area contributed by atoms with Crippen LogP contribution >= 0.6 is 11.6 Å². The number of hydrogen-bond donors (Lipinski definition) is 2. The van der Waals surface area contributed by atoms with Crippen molar-refractivity contribution in [2.45, 2.75) is 13.0 Å². The Balaban J connectivity index is 1.53. The summed E-state index contributed by atoms with van der Waals surface area (Å²) in [5, 5.41) is 13.0. The molecule has 0 aliphatic carbocycles. The Hall–Kier alpha value is -3.89. The van der Waals surface area contributed by atoms with Crippen LogP contribution in [0.15, 0.2) is 37.1 Å². The summed E-state index contributed by atoms with van der Waals surface area (Å²) >= 11 is 7.17. The Morgan fingerprint density at radius 2 is 2.18 bits per heavy atom. The lowest BCUT2D eigenvalue weighted by Crippen LogP contribution is -2.56. The zero-order valence-corrected chi connectivity index (χ0v) is 23.0. The Morgan fingerprint density at radius 1 is 1.33 bits per heavy atom. The molecule has 0 radical (unpaired) electrons. The summed E-state index contributed by atoms with van der Waals surface area (Å²) in [5.41, 5.74) is 4.56. The quantitative estimate of drug-likeness (QED) is 0.353. The molecule has 6 rings (SSSR count). The van der Waals surface area contributed by atoms with E-state index in [-0.39, 0.29) is 11.9 Å². The summed E-state index contributed by atoms with van der Waals surface area (Å²) in [4.78, 5) is 28.5. The highest BCUT2D eigenvalue weighted by molar-refractivity contribution is 6.37. The number of amides is 1. The topological polar surface area (TPSA) is 103 Å². The maximum absolute atomic E-state index is 12.4. The van der Waals surface area contributed by atoms with Crippen LogP contribution in [0.3, 0.4) is 0 Å². The molecule has 0 bridgehead atoms. The molecule has 202 valence electrons. The van der Waals surface area contributed by atoms with E-state index in [0.29, 0.717) is 49.5 Å². The number of piperazine rings is 1. The summed E-state index contributed by atoms with van der Waals surface area (Å²) < 4.78 is 6.46. The van der Waals surface area contributed by atoms with E-state index in [2.05, 4.69) is 44.9 Å². The molecule has 1 fully saturated rings. The Labute approximate surface area is 231 Å². The number of anilines is 2. The van der Waals surface area contributed by atoms with Gasteiger partial charge in [-0.15, -0.1) is 0 Å². The first kappa shape index (κ1) is 25.4. The van der Waals surface area contributed by atoms with Crippen LogP contribution in [0.25, 0.3) is 32.9 Å². The lowest BCUT2D eigenvalue weighted by Gasteiger charge is -2.40. The number of carbonyl (C=O) groups excluding carboxylic acids is 1. The molecule has 1 atom stereocenters. The smallest absolute Gasteiger partial charge is 0.246 e. The summed E-state index contributed by atoms with van der Waals surface area (Å²) in [6.07, 6.45) is 3.18. The third kappa shape index (κ3) is 4.43. The molecule has 2 aromatic carbocycles. The number of benzene rings is 2. The molecule has 2 aliphatic rings. The van der Waals surface area contributed by atoms with E-state index in [4.69, 9.17) is 26.3 Å². The number of likely N-dealkylation sites (N-methyl/N-ethyl adjacent to an activating group) is 1. The van der Waals surface area contributed by atoms with Crippen LogP contribution in [-0.2, 0) is 4.79 Å². The van der Waals surface area contributed by atoms with Crippen molar-refractivity contribution in [3.05, 3.63) is 47.6 Å². The molecule has 4 heterocycles. The number of carbonyl (C=O) groups is 1. The van der Waals surface area contributed by atoms with E-state index in [1.807, 2.05) is 32.4 Å². The van der Waals surface area contributed by atoms with Crippen molar-refractivity contribution < 1.29 is 9.53 Å². The van der Waals surface area contributed by atoms with E-state index in [0.717, 1.165) is 50.9 Å². The van der Waals surface area contributed by atoms with Crippen LogP contribution in [0, 0.1) is 6.92 Å². The third-order valence-electron chi connectivity index (χ3n) is 7.47. The van der Waals surface area contributed by atoms with Crippen LogP contribution in [-0.4, -0.2) is 95.3 Å². The van der Waals surface area contributed by atoms with Crippen LogP contribution in [0.2, 0.25) is 5.02 Å². The van der Waals surface area contributed by atoms with Gasteiger partial charge < -0.3 is 24.8 Å². The summed E-state index contributed by atoms with van der Waals surface area (Å²) in [5.74, 6) is 1.79. The maximum atomic E-state index is 12.4. The number of rotatable bonds is 6. The predicted octanol–water partition coefficient (Wildman–Crippen LogP) is 3.70. The van der Waals surface area contributed by atoms with Crippen molar-refractivity contribution >= 4 is 51.1 Å². The summed E-state index contributed by atoms with van der Waals surface area (Å²) in [7, 11) is 4.06. The van der Waals surface area contributed by atoms with Crippen LogP contribution in [0.4, 0.5) is 11.8 Å². The minimum Gasteiger partial charge on any atom is -0.489 e. The van der Waals surface area contributed by atoms with E-state index in [1.54, 1.807) is 4.90 Å². The SMILES string of the molecule is C=CC(=O)N1CCN2c3nc(NCCN(C)C)nc4cc(-c5c(C)ccc6[nH]ncc56)c(Cl)c(c34)OC[C@@H]2C1. The number of aromatic nitrogens is 4. The molecular formula is C28H31ClN8O2. The number of aromatic amines is 1. The fraction of sp³-hybridized carbons (Fsp3) is 0.357. The van der Waals surface area contributed by atoms with Gasteiger partial charge in [0.25, 0.3) is 0 Å². The van der Waals surface area contributed by atoms with E-state index in [1.165, 1.54) is 6.08 Å². The largest absolute Gasteiger partial charge is 0.489 e. The monoisotopic (exact) mass is 546 g/mol. The number of fused-ring (bicyclic) bond motifs is 3. The van der Waals surface area contributed by atoms with E-state index < -0.39 is 0 Å². The van der Waals surface area contributed by atoms with E-state index in [9.17, 15) is 4.79 Å². The highest BCUT2D eigenvalue weighted by atomic mass is 35.5. The fourth-order valence-electron chi connectivity index (χ4n) is 5.49. The molecule has 1 amide bonds. The average Bonchev–Trinajstić information content (AvgIpc) is 3.33. The first-order chi connectivity index (χ1) is 18.9. The molecule has 0 saturated carbocycles. The van der Waals surface area contributed by atoms with Crippen molar-refractivity contribution in [2.24, 2.45) is 0 Å². The zero-order chi connectivity index (χ0) is 27.3. The van der Waals surface area contributed by atoms with Gasteiger partial charge in [-0.3, -0.25) is 9.89 Å². The maximum Gasteiger partial charge on any atom is 0.246 e.